The van der Waals surface area contributed by atoms with E-state index in [-0.39, 0.29) is 17.1 Å². The molecule has 3 rings (SSSR count). The van der Waals surface area contributed by atoms with Crippen molar-refractivity contribution >= 4 is 40.3 Å². The molecule has 0 radical (unpaired) electrons. The Morgan fingerprint density at radius 3 is 1.97 bits per heavy atom. The van der Waals surface area contributed by atoms with Gasteiger partial charge in [-0.1, -0.05) is 12.1 Å². The maximum absolute atomic E-state index is 11.7. The molecule has 0 fully saturated rings. The van der Waals surface area contributed by atoms with Gasteiger partial charge in [0.1, 0.15) is 0 Å². The van der Waals surface area contributed by atoms with Crippen molar-refractivity contribution in [3.05, 3.63) is 90.7 Å². The molecule has 0 spiro atoms. The van der Waals surface area contributed by atoms with Crippen molar-refractivity contribution in [2.75, 3.05) is 4.90 Å². The van der Waals surface area contributed by atoms with Crippen LogP contribution in [0.4, 0.5) is 34.3 Å². The lowest BCUT2D eigenvalue weighted by Crippen LogP contribution is -2.17. The third kappa shape index (κ3) is 3.49. The van der Waals surface area contributed by atoms with Crippen molar-refractivity contribution in [3.8, 4) is 0 Å². The minimum Gasteiger partial charge on any atom is -0.478 e. The van der Waals surface area contributed by atoms with Gasteiger partial charge in [0.25, 0.3) is 5.69 Å². The van der Waals surface area contributed by atoms with Crippen LogP contribution in [0.2, 0.25) is 0 Å². The van der Waals surface area contributed by atoms with Crippen LogP contribution in [0, 0.1) is 30.3 Å². The highest BCUT2D eigenvalue weighted by Gasteiger charge is 2.37. The maximum Gasteiger partial charge on any atom is 0.337 e. The first-order valence-electron chi connectivity index (χ1n) is 7.99. The Bertz CT molecular complexity index is 1140. The first kappa shape index (κ1) is 19.9. The monoisotopic (exact) mass is 414 g/mol. The van der Waals surface area contributed by atoms with E-state index in [0.29, 0.717) is 12.1 Å². The number of hydrogen-bond acceptors (Lipinski definition) is 9. The Hall–Kier alpha value is -4.81. The number of furan rings is 1. The van der Waals surface area contributed by atoms with E-state index in [1.165, 1.54) is 42.7 Å². The molecule has 3 aromatic rings. The van der Waals surface area contributed by atoms with Gasteiger partial charge >= 0.3 is 17.3 Å². The number of rotatable bonds is 7. The van der Waals surface area contributed by atoms with Crippen molar-refractivity contribution in [3.63, 3.8) is 0 Å². The second-order valence-corrected chi connectivity index (χ2v) is 5.71. The number of anilines is 3. The Morgan fingerprint density at radius 2 is 1.50 bits per heavy atom. The fourth-order valence-electron chi connectivity index (χ4n) is 2.80. The molecule has 0 aliphatic heterocycles. The normalized spacial score (nSPS) is 10.4. The highest BCUT2D eigenvalue weighted by Crippen LogP contribution is 2.48. The summed E-state index contributed by atoms with van der Waals surface area (Å²) >= 11 is 0. The molecule has 13 heteroatoms. The Labute approximate surface area is 165 Å². The molecule has 1 heterocycles. The van der Waals surface area contributed by atoms with Crippen molar-refractivity contribution in [2.24, 2.45) is 0 Å². The van der Waals surface area contributed by atoms with Gasteiger partial charge in [-0.05, 0) is 18.2 Å². The molecule has 1 N–H and O–H groups in total. The van der Waals surface area contributed by atoms with Gasteiger partial charge in [-0.25, -0.2) is 4.79 Å². The molecule has 0 saturated heterocycles. The molecular weight excluding hydrogens is 404 g/mol. The molecule has 0 saturated carbocycles. The number of para-hydroxylation sites is 1. The highest BCUT2D eigenvalue weighted by molar-refractivity contribution is 5.99. The number of nitro benzene ring substituents is 3. The zero-order valence-electron chi connectivity index (χ0n) is 14.7. The number of carbonyl (C=O) groups is 1. The molecule has 152 valence electrons. The molecule has 0 aliphatic carbocycles. The standard InChI is InChI=1S/C17H10N4O9/c22-17(23)11-4-1-2-5-12(11)18(15-6-3-7-30-15)16-13(20(26)27)8-10(19(24)25)9-14(16)21(28)29/h1-9H,(H,22,23). The van der Waals surface area contributed by atoms with Gasteiger partial charge in [-0.15, -0.1) is 0 Å². The Morgan fingerprint density at radius 1 is 0.900 bits per heavy atom. The third-order valence-corrected chi connectivity index (χ3v) is 3.98. The van der Waals surface area contributed by atoms with E-state index >= 15 is 0 Å². The van der Waals surface area contributed by atoms with Crippen LogP contribution in [0.5, 0.6) is 0 Å². The predicted molar refractivity (Wildman–Crippen MR) is 100 cm³/mol. The molecule has 2 aromatic carbocycles. The van der Waals surface area contributed by atoms with Crippen LogP contribution in [0.3, 0.4) is 0 Å². The Kier molecular flexibility index (Phi) is 5.10. The summed E-state index contributed by atoms with van der Waals surface area (Å²) in [4.78, 5) is 44.0. The highest BCUT2D eigenvalue weighted by atomic mass is 16.6. The summed E-state index contributed by atoms with van der Waals surface area (Å²) in [6.07, 6.45) is 1.18. The topological polar surface area (TPSA) is 183 Å². The summed E-state index contributed by atoms with van der Waals surface area (Å²) in [6.45, 7) is 0. The molecule has 13 nitrogen and oxygen atoms in total. The molecule has 30 heavy (non-hydrogen) atoms. The van der Waals surface area contributed by atoms with E-state index in [9.17, 15) is 40.2 Å². The van der Waals surface area contributed by atoms with Gasteiger partial charge < -0.3 is 9.52 Å². The van der Waals surface area contributed by atoms with Gasteiger partial charge in [0, 0.05) is 6.07 Å². The van der Waals surface area contributed by atoms with Crippen molar-refractivity contribution in [1.29, 1.82) is 0 Å². The number of carboxylic acid groups (broad SMARTS) is 1. The average Bonchev–Trinajstić information content (AvgIpc) is 3.22. The predicted octanol–water partition coefficient (Wildman–Crippen LogP) is 4.17. The van der Waals surface area contributed by atoms with E-state index in [1.54, 1.807) is 0 Å². The molecule has 0 unspecified atom stereocenters. The van der Waals surface area contributed by atoms with Crippen LogP contribution in [-0.2, 0) is 0 Å². The molecule has 1 aromatic heterocycles. The number of nitrogens with zero attached hydrogens (tertiary/aromatic N) is 4. The van der Waals surface area contributed by atoms with Crippen LogP contribution in [0.1, 0.15) is 10.4 Å². The lowest BCUT2D eigenvalue weighted by Gasteiger charge is -2.23. The van der Waals surface area contributed by atoms with Gasteiger partial charge in [0.05, 0.1) is 44.4 Å². The van der Waals surface area contributed by atoms with Crippen LogP contribution < -0.4 is 4.90 Å². The molecule has 0 atom stereocenters. The van der Waals surface area contributed by atoms with Crippen LogP contribution in [-0.4, -0.2) is 25.8 Å². The summed E-state index contributed by atoms with van der Waals surface area (Å²) in [6, 6.07) is 9.07. The fraction of sp³-hybridized carbons (Fsp3) is 0. The fourth-order valence-corrected chi connectivity index (χ4v) is 2.80. The first-order valence-corrected chi connectivity index (χ1v) is 7.99. The molecular formula is C17H10N4O9. The zero-order chi connectivity index (χ0) is 22.0. The largest absolute Gasteiger partial charge is 0.478 e. The van der Waals surface area contributed by atoms with Crippen LogP contribution in [0.15, 0.2) is 59.2 Å². The van der Waals surface area contributed by atoms with Gasteiger partial charge in [-0.2, -0.15) is 0 Å². The lowest BCUT2D eigenvalue weighted by molar-refractivity contribution is -0.402. The van der Waals surface area contributed by atoms with E-state index in [2.05, 4.69) is 0 Å². The summed E-state index contributed by atoms with van der Waals surface area (Å²) in [5, 5.41) is 44.0. The van der Waals surface area contributed by atoms with Crippen LogP contribution in [0.25, 0.3) is 0 Å². The summed E-state index contributed by atoms with van der Waals surface area (Å²) in [5.41, 5.74) is -4.04. The van der Waals surface area contributed by atoms with E-state index in [0.717, 1.165) is 4.90 Å². The summed E-state index contributed by atoms with van der Waals surface area (Å²) in [7, 11) is 0. The van der Waals surface area contributed by atoms with Gasteiger partial charge in [0.2, 0.25) is 11.6 Å². The van der Waals surface area contributed by atoms with Crippen LogP contribution >= 0.6 is 0 Å². The lowest BCUT2D eigenvalue weighted by atomic mass is 10.1. The van der Waals surface area contributed by atoms with Crippen molar-refractivity contribution < 1.29 is 29.1 Å². The summed E-state index contributed by atoms with van der Waals surface area (Å²) < 4.78 is 5.24. The number of nitro groups is 3. The number of carboxylic acids is 1. The SMILES string of the molecule is O=C(O)c1ccccc1N(c1ccco1)c1c([N+](=O)[O-])cc([N+](=O)[O-])cc1[N+](=O)[O-]. The number of non-ortho nitro benzene ring substituents is 1. The number of benzene rings is 2. The molecule has 0 bridgehead atoms. The van der Waals surface area contributed by atoms with Crippen molar-refractivity contribution in [2.45, 2.75) is 0 Å². The summed E-state index contributed by atoms with van der Waals surface area (Å²) in [5.74, 6) is -1.59. The quantitative estimate of drug-likeness (QED) is 0.434. The third-order valence-electron chi connectivity index (χ3n) is 3.98. The molecule has 0 aliphatic rings. The second-order valence-electron chi connectivity index (χ2n) is 5.71. The molecule has 0 amide bonds. The van der Waals surface area contributed by atoms with Crippen molar-refractivity contribution in [1.82, 2.24) is 0 Å². The minimum atomic E-state index is -1.41. The smallest absolute Gasteiger partial charge is 0.337 e. The van der Waals surface area contributed by atoms with E-state index in [1.807, 2.05) is 0 Å². The minimum absolute atomic E-state index is 0.177. The first-order chi connectivity index (χ1) is 14.2. The second kappa shape index (κ2) is 7.67. The van der Waals surface area contributed by atoms with E-state index < -0.39 is 43.5 Å². The average molecular weight is 414 g/mol. The maximum atomic E-state index is 11.7. The number of aromatic carboxylic acids is 1. The van der Waals surface area contributed by atoms with Gasteiger partial charge in [-0.3, -0.25) is 35.2 Å². The van der Waals surface area contributed by atoms with E-state index in [4.69, 9.17) is 4.42 Å². The Balaban J connectivity index is 2.47. The number of hydrogen-bond donors (Lipinski definition) is 1. The van der Waals surface area contributed by atoms with Gasteiger partial charge in [0.15, 0.2) is 0 Å². The zero-order valence-corrected chi connectivity index (χ0v) is 14.7.